The van der Waals surface area contributed by atoms with Crippen molar-refractivity contribution < 1.29 is 14.9 Å². The molecule has 0 heterocycles. The van der Waals surface area contributed by atoms with Gasteiger partial charge in [0.25, 0.3) is 0 Å². The van der Waals surface area contributed by atoms with Gasteiger partial charge in [-0.05, 0) is 25.1 Å². The van der Waals surface area contributed by atoms with Crippen molar-refractivity contribution >= 4 is 10.8 Å². The zero-order chi connectivity index (χ0) is 14.1. The van der Waals surface area contributed by atoms with E-state index in [2.05, 4.69) is 0 Å². The van der Waals surface area contributed by atoms with Crippen LogP contribution in [-0.4, -0.2) is 10.2 Å². The van der Waals surface area contributed by atoms with Crippen LogP contribution in [0.15, 0.2) is 54.6 Å². The van der Waals surface area contributed by atoms with Crippen molar-refractivity contribution in [2.24, 2.45) is 0 Å². The predicted molar refractivity (Wildman–Crippen MR) is 78.5 cm³/mol. The largest absolute Gasteiger partial charge is 0.507 e. The van der Waals surface area contributed by atoms with Crippen molar-refractivity contribution in [2.45, 2.75) is 6.92 Å². The summed E-state index contributed by atoms with van der Waals surface area (Å²) in [6.45, 7) is 1.93. The number of aromatic hydroxyl groups is 2. The summed E-state index contributed by atoms with van der Waals surface area (Å²) >= 11 is 0. The van der Waals surface area contributed by atoms with Crippen molar-refractivity contribution in [1.29, 1.82) is 0 Å². The highest BCUT2D eigenvalue weighted by Crippen LogP contribution is 2.42. The lowest BCUT2D eigenvalue weighted by Gasteiger charge is -2.11. The van der Waals surface area contributed by atoms with Crippen LogP contribution in [0.25, 0.3) is 10.8 Å². The highest BCUT2D eigenvalue weighted by Gasteiger charge is 2.13. The third-order valence-corrected chi connectivity index (χ3v) is 3.18. The molecule has 2 N–H and O–H groups in total. The number of phenolic OH excluding ortho intramolecular Hbond substituents is 2. The lowest BCUT2D eigenvalue weighted by atomic mass is 10.1. The highest BCUT2D eigenvalue weighted by molar-refractivity contribution is 5.95. The number of phenols is 2. The summed E-state index contributed by atoms with van der Waals surface area (Å²) in [5.74, 6) is 0.966. The van der Waals surface area contributed by atoms with E-state index < -0.39 is 0 Å². The Hall–Kier alpha value is -2.68. The normalized spacial score (nSPS) is 10.7. The maximum Gasteiger partial charge on any atom is 0.173 e. The monoisotopic (exact) mass is 266 g/mol. The van der Waals surface area contributed by atoms with Gasteiger partial charge in [-0.3, -0.25) is 0 Å². The molecule has 0 aromatic heterocycles. The molecule has 0 aliphatic rings. The van der Waals surface area contributed by atoms with Crippen LogP contribution >= 0.6 is 0 Å². The van der Waals surface area contributed by atoms with Crippen LogP contribution in [0.1, 0.15) is 5.56 Å². The molecule has 3 heteroatoms. The first-order chi connectivity index (χ1) is 9.65. The second-order valence-electron chi connectivity index (χ2n) is 4.71. The van der Waals surface area contributed by atoms with Crippen LogP contribution < -0.4 is 4.74 Å². The standard InChI is InChI=1S/C17H14O3/c1-11-7-8-13-14(9-11)15(18)10-16(17(13)19)20-12-5-3-2-4-6-12/h2-10,18-19H,1H3. The molecule has 0 unspecified atom stereocenters. The number of fused-ring (bicyclic) bond motifs is 1. The highest BCUT2D eigenvalue weighted by atomic mass is 16.5. The fourth-order valence-electron chi connectivity index (χ4n) is 2.17. The van der Waals surface area contributed by atoms with Gasteiger partial charge in [0.1, 0.15) is 11.5 Å². The third-order valence-electron chi connectivity index (χ3n) is 3.18. The van der Waals surface area contributed by atoms with Crippen LogP contribution in [0.3, 0.4) is 0 Å². The Labute approximate surface area is 116 Å². The van der Waals surface area contributed by atoms with E-state index in [-0.39, 0.29) is 17.2 Å². The lowest BCUT2D eigenvalue weighted by Crippen LogP contribution is -1.87. The maximum atomic E-state index is 10.3. The van der Waals surface area contributed by atoms with Gasteiger partial charge in [-0.1, -0.05) is 35.9 Å². The molecule has 0 spiro atoms. The Morgan fingerprint density at radius 1 is 0.850 bits per heavy atom. The van der Waals surface area contributed by atoms with Gasteiger partial charge in [0.2, 0.25) is 0 Å². The van der Waals surface area contributed by atoms with Gasteiger partial charge in [0, 0.05) is 16.8 Å². The molecule has 0 bridgehead atoms. The first-order valence-electron chi connectivity index (χ1n) is 6.33. The summed E-state index contributed by atoms with van der Waals surface area (Å²) in [6, 6.07) is 16.1. The van der Waals surface area contributed by atoms with E-state index in [1.807, 2.05) is 37.3 Å². The lowest BCUT2D eigenvalue weighted by molar-refractivity contribution is 0.409. The summed E-state index contributed by atoms with van der Waals surface area (Å²) in [6.07, 6.45) is 0. The average molecular weight is 266 g/mol. The molecule has 0 aliphatic carbocycles. The molecule has 0 atom stereocenters. The fraction of sp³-hybridized carbons (Fsp3) is 0.0588. The SMILES string of the molecule is Cc1ccc2c(O)c(Oc3ccccc3)cc(O)c2c1. The van der Waals surface area contributed by atoms with Crippen molar-refractivity contribution in [1.82, 2.24) is 0 Å². The van der Waals surface area contributed by atoms with Crippen molar-refractivity contribution in [3.8, 4) is 23.0 Å². The zero-order valence-electron chi connectivity index (χ0n) is 11.0. The van der Waals surface area contributed by atoms with Gasteiger partial charge >= 0.3 is 0 Å². The molecular formula is C17H14O3. The third kappa shape index (κ3) is 2.14. The summed E-state index contributed by atoms with van der Waals surface area (Å²) < 4.78 is 5.62. The van der Waals surface area contributed by atoms with Crippen molar-refractivity contribution in [2.75, 3.05) is 0 Å². The molecule has 100 valence electrons. The van der Waals surface area contributed by atoms with E-state index >= 15 is 0 Å². The van der Waals surface area contributed by atoms with Crippen LogP contribution in [0.4, 0.5) is 0 Å². The van der Waals surface area contributed by atoms with Gasteiger partial charge in [-0.25, -0.2) is 0 Å². The minimum atomic E-state index is 0.0293. The fourth-order valence-corrected chi connectivity index (χ4v) is 2.17. The minimum Gasteiger partial charge on any atom is -0.507 e. The smallest absolute Gasteiger partial charge is 0.173 e. The van der Waals surface area contributed by atoms with E-state index in [0.717, 1.165) is 5.56 Å². The topological polar surface area (TPSA) is 49.7 Å². The molecule has 3 rings (SSSR count). The van der Waals surface area contributed by atoms with Crippen LogP contribution in [0, 0.1) is 6.92 Å². The summed E-state index contributed by atoms with van der Waals surface area (Å²) in [5.41, 5.74) is 1.02. The summed E-state index contributed by atoms with van der Waals surface area (Å²) in [5, 5.41) is 21.6. The number of ether oxygens (including phenoxy) is 1. The molecule has 0 radical (unpaired) electrons. The van der Waals surface area contributed by atoms with Crippen LogP contribution in [0.2, 0.25) is 0 Å². The number of hydrogen-bond acceptors (Lipinski definition) is 3. The molecular weight excluding hydrogens is 252 g/mol. The molecule has 20 heavy (non-hydrogen) atoms. The number of para-hydroxylation sites is 1. The van der Waals surface area contributed by atoms with E-state index in [1.54, 1.807) is 18.2 Å². The van der Waals surface area contributed by atoms with Gasteiger partial charge < -0.3 is 14.9 Å². The second kappa shape index (κ2) is 4.78. The number of rotatable bonds is 2. The Bertz CT molecular complexity index is 764. The van der Waals surface area contributed by atoms with Crippen LogP contribution in [-0.2, 0) is 0 Å². The Morgan fingerprint density at radius 3 is 2.35 bits per heavy atom. The predicted octanol–water partition coefficient (Wildman–Crippen LogP) is 4.35. The van der Waals surface area contributed by atoms with Crippen molar-refractivity contribution in [3.63, 3.8) is 0 Å². The molecule has 3 aromatic rings. The minimum absolute atomic E-state index is 0.0293. The van der Waals surface area contributed by atoms with E-state index in [9.17, 15) is 10.2 Å². The van der Waals surface area contributed by atoms with Gasteiger partial charge in [0.15, 0.2) is 11.5 Å². The van der Waals surface area contributed by atoms with Crippen LogP contribution in [0.5, 0.6) is 23.0 Å². The number of benzene rings is 3. The Morgan fingerprint density at radius 2 is 1.60 bits per heavy atom. The number of aryl methyl sites for hydroxylation is 1. The Kier molecular flexibility index (Phi) is 2.95. The Balaban J connectivity index is 2.13. The van der Waals surface area contributed by atoms with Gasteiger partial charge in [-0.2, -0.15) is 0 Å². The van der Waals surface area contributed by atoms with Gasteiger partial charge in [-0.15, -0.1) is 0 Å². The van der Waals surface area contributed by atoms with E-state index in [4.69, 9.17) is 4.74 Å². The molecule has 0 amide bonds. The molecule has 3 aromatic carbocycles. The second-order valence-corrected chi connectivity index (χ2v) is 4.71. The summed E-state index contributed by atoms with van der Waals surface area (Å²) in [7, 11) is 0. The van der Waals surface area contributed by atoms with Crippen molar-refractivity contribution in [3.05, 3.63) is 60.2 Å². The van der Waals surface area contributed by atoms with E-state index in [1.165, 1.54) is 6.07 Å². The molecule has 0 fully saturated rings. The zero-order valence-corrected chi connectivity index (χ0v) is 11.0. The van der Waals surface area contributed by atoms with E-state index in [0.29, 0.717) is 16.5 Å². The molecule has 0 saturated heterocycles. The quantitative estimate of drug-likeness (QED) is 0.678. The molecule has 0 aliphatic heterocycles. The molecule has 0 saturated carbocycles. The number of hydrogen-bond donors (Lipinski definition) is 2. The van der Waals surface area contributed by atoms with Gasteiger partial charge in [0.05, 0.1) is 0 Å². The molecule has 3 nitrogen and oxygen atoms in total. The first kappa shape index (κ1) is 12.4. The first-order valence-corrected chi connectivity index (χ1v) is 6.33. The average Bonchev–Trinajstić information content (AvgIpc) is 2.45. The maximum absolute atomic E-state index is 10.3. The summed E-state index contributed by atoms with van der Waals surface area (Å²) in [4.78, 5) is 0.